The van der Waals surface area contributed by atoms with Crippen molar-refractivity contribution in [2.24, 2.45) is 0 Å². The molecule has 0 atom stereocenters. The molecular formula is C17H22FN3. The van der Waals surface area contributed by atoms with E-state index in [4.69, 9.17) is 0 Å². The molecule has 3 nitrogen and oxygen atoms in total. The number of hydrogen-bond acceptors (Lipinski definition) is 2. The zero-order chi connectivity index (χ0) is 14.5. The first-order valence-corrected chi connectivity index (χ1v) is 7.80. The molecule has 1 aromatic carbocycles. The molecule has 0 aliphatic heterocycles. The van der Waals surface area contributed by atoms with E-state index in [1.54, 1.807) is 12.1 Å². The predicted octanol–water partition coefficient (Wildman–Crippen LogP) is 3.82. The lowest BCUT2D eigenvalue weighted by Crippen LogP contribution is -2.16. The molecule has 0 spiro atoms. The quantitative estimate of drug-likeness (QED) is 0.906. The van der Waals surface area contributed by atoms with Crippen molar-refractivity contribution in [1.29, 1.82) is 0 Å². The standard InChI is InChI=1S/C17H22FN3/c18-15-6-4-5-14(11-15)12-19-13-16-9-10-21(20-16)17-7-2-1-3-8-17/h4-6,9-11,17,19H,1-3,7-8,12-13H2. The summed E-state index contributed by atoms with van der Waals surface area (Å²) < 4.78 is 15.2. The summed E-state index contributed by atoms with van der Waals surface area (Å²) in [5, 5.41) is 7.98. The molecule has 0 unspecified atom stereocenters. The average Bonchev–Trinajstić information content (AvgIpc) is 2.97. The Hall–Kier alpha value is -1.68. The van der Waals surface area contributed by atoms with Gasteiger partial charge in [-0.15, -0.1) is 0 Å². The van der Waals surface area contributed by atoms with Gasteiger partial charge in [-0.1, -0.05) is 31.4 Å². The van der Waals surface area contributed by atoms with Crippen LogP contribution < -0.4 is 5.32 Å². The summed E-state index contributed by atoms with van der Waals surface area (Å²) in [6.45, 7) is 1.38. The highest BCUT2D eigenvalue weighted by atomic mass is 19.1. The summed E-state index contributed by atoms with van der Waals surface area (Å²) >= 11 is 0. The first-order valence-electron chi connectivity index (χ1n) is 7.80. The van der Waals surface area contributed by atoms with Crippen LogP contribution in [0, 0.1) is 5.82 Å². The van der Waals surface area contributed by atoms with Gasteiger partial charge in [-0.3, -0.25) is 4.68 Å². The van der Waals surface area contributed by atoms with Gasteiger partial charge in [-0.25, -0.2) is 4.39 Å². The second-order valence-corrected chi connectivity index (χ2v) is 5.81. The van der Waals surface area contributed by atoms with Crippen molar-refractivity contribution in [3.63, 3.8) is 0 Å². The molecule has 4 heteroatoms. The van der Waals surface area contributed by atoms with E-state index < -0.39 is 0 Å². The number of hydrogen-bond donors (Lipinski definition) is 1. The molecule has 1 aliphatic carbocycles. The van der Waals surface area contributed by atoms with E-state index in [-0.39, 0.29) is 5.82 Å². The van der Waals surface area contributed by atoms with Crippen LogP contribution in [-0.4, -0.2) is 9.78 Å². The van der Waals surface area contributed by atoms with Crippen LogP contribution in [0.1, 0.15) is 49.4 Å². The molecule has 1 aliphatic rings. The topological polar surface area (TPSA) is 29.9 Å². The number of halogens is 1. The Bertz CT molecular complexity index is 573. The van der Waals surface area contributed by atoms with Crippen LogP contribution in [-0.2, 0) is 13.1 Å². The van der Waals surface area contributed by atoms with Gasteiger partial charge < -0.3 is 5.32 Å². The summed E-state index contributed by atoms with van der Waals surface area (Å²) in [5.74, 6) is -0.184. The lowest BCUT2D eigenvalue weighted by Gasteiger charge is -2.21. The minimum Gasteiger partial charge on any atom is -0.307 e. The smallest absolute Gasteiger partial charge is 0.123 e. The molecular weight excluding hydrogens is 265 g/mol. The van der Waals surface area contributed by atoms with E-state index in [0.29, 0.717) is 12.6 Å². The largest absolute Gasteiger partial charge is 0.307 e. The monoisotopic (exact) mass is 287 g/mol. The third-order valence-electron chi connectivity index (χ3n) is 4.14. The van der Waals surface area contributed by atoms with E-state index in [0.717, 1.165) is 17.8 Å². The number of nitrogens with zero attached hydrogens (tertiary/aromatic N) is 2. The zero-order valence-corrected chi connectivity index (χ0v) is 12.3. The molecule has 112 valence electrons. The fraction of sp³-hybridized carbons (Fsp3) is 0.471. The highest BCUT2D eigenvalue weighted by molar-refractivity contribution is 5.16. The second-order valence-electron chi connectivity index (χ2n) is 5.81. The maximum Gasteiger partial charge on any atom is 0.123 e. The number of nitrogens with one attached hydrogen (secondary N) is 1. The van der Waals surface area contributed by atoms with E-state index in [2.05, 4.69) is 27.4 Å². The summed E-state index contributed by atoms with van der Waals surface area (Å²) in [7, 11) is 0. The van der Waals surface area contributed by atoms with Gasteiger partial charge in [-0.2, -0.15) is 5.10 Å². The molecule has 3 rings (SSSR count). The maximum absolute atomic E-state index is 13.1. The van der Waals surface area contributed by atoms with Crippen LogP contribution in [0.5, 0.6) is 0 Å². The minimum atomic E-state index is -0.184. The Morgan fingerprint density at radius 1 is 1.14 bits per heavy atom. The highest BCUT2D eigenvalue weighted by Crippen LogP contribution is 2.27. The van der Waals surface area contributed by atoms with Crippen molar-refractivity contribution in [3.05, 3.63) is 53.6 Å². The first-order chi connectivity index (χ1) is 10.3. The van der Waals surface area contributed by atoms with Gasteiger partial charge in [0.05, 0.1) is 11.7 Å². The SMILES string of the molecule is Fc1cccc(CNCc2ccn(C3CCCCC3)n2)c1. The second kappa shape index (κ2) is 6.85. The molecule has 1 N–H and O–H groups in total. The van der Waals surface area contributed by atoms with Gasteiger partial charge in [-0.05, 0) is 36.6 Å². The van der Waals surface area contributed by atoms with Gasteiger partial charge >= 0.3 is 0 Å². The van der Waals surface area contributed by atoms with Gasteiger partial charge in [0.25, 0.3) is 0 Å². The van der Waals surface area contributed by atoms with Crippen LogP contribution in [0.25, 0.3) is 0 Å². The van der Waals surface area contributed by atoms with Crippen molar-refractivity contribution in [3.8, 4) is 0 Å². The molecule has 1 fully saturated rings. The van der Waals surface area contributed by atoms with Crippen molar-refractivity contribution >= 4 is 0 Å². The molecule has 0 amide bonds. The highest BCUT2D eigenvalue weighted by Gasteiger charge is 2.15. The van der Waals surface area contributed by atoms with Crippen LogP contribution in [0.15, 0.2) is 36.5 Å². The van der Waals surface area contributed by atoms with E-state index >= 15 is 0 Å². The lowest BCUT2D eigenvalue weighted by molar-refractivity contribution is 0.327. The van der Waals surface area contributed by atoms with Gasteiger partial charge in [0.2, 0.25) is 0 Å². The van der Waals surface area contributed by atoms with Crippen molar-refractivity contribution in [2.75, 3.05) is 0 Å². The van der Waals surface area contributed by atoms with E-state index in [1.807, 2.05) is 6.07 Å². The molecule has 0 bridgehead atoms. The zero-order valence-electron chi connectivity index (χ0n) is 12.3. The number of aromatic nitrogens is 2. The number of rotatable bonds is 5. The fourth-order valence-electron chi connectivity index (χ4n) is 3.00. The normalized spacial score (nSPS) is 16.2. The summed E-state index contributed by atoms with van der Waals surface area (Å²) in [4.78, 5) is 0. The lowest BCUT2D eigenvalue weighted by atomic mass is 9.96. The summed E-state index contributed by atoms with van der Waals surface area (Å²) in [6.07, 6.45) is 8.58. The summed E-state index contributed by atoms with van der Waals surface area (Å²) in [6, 6.07) is 9.35. The Morgan fingerprint density at radius 3 is 2.81 bits per heavy atom. The van der Waals surface area contributed by atoms with Crippen molar-refractivity contribution < 1.29 is 4.39 Å². The van der Waals surface area contributed by atoms with Crippen LogP contribution in [0.3, 0.4) is 0 Å². The van der Waals surface area contributed by atoms with Gasteiger partial charge in [0, 0.05) is 19.3 Å². The Labute approximate surface area is 125 Å². The summed E-state index contributed by atoms with van der Waals surface area (Å²) in [5.41, 5.74) is 2.01. The molecule has 1 heterocycles. The van der Waals surface area contributed by atoms with Crippen LogP contribution in [0.4, 0.5) is 4.39 Å². The Balaban J connectivity index is 1.50. The average molecular weight is 287 g/mol. The van der Waals surface area contributed by atoms with Gasteiger partial charge in [0.1, 0.15) is 5.82 Å². The van der Waals surface area contributed by atoms with Crippen molar-refractivity contribution in [1.82, 2.24) is 15.1 Å². The van der Waals surface area contributed by atoms with Crippen LogP contribution in [0.2, 0.25) is 0 Å². The molecule has 21 heavy (non-hydrogen) atoms. The van der Waals surface area contributed by atoms with Gasteiger partial charge in [0.15, 0.2) is 0 Å². The molecule has 1 aromatic heterocycles. The van der Waals surface area contributed by atoms with E-state index in [9.17, 15) is 4.39 Å². The maximum atomic E-state index is 13.1. The molecule has 2 aromatic rings. The Morgan fingerprint density at radius 2 is 2.00 bits per heavy atom. The number of benzene rings is 1. The fourth-order valence-corrected chi connectivity index (χ4v) is 3.00. The van der Waals surface area contributed by atoms with Crippen LogP contribution >= 0.6 is 0 Å². The molecule has 0 saturated heterocycles. The first kappa shape index (κ1) is 14.3. The van der Waals surface area contributed by atoms with Crippen molar-refractivity contribution in [2.45, 2.75) is 51.2 Å². The van der Waals surface area contributed by atoms with E-state index in [1.165, 1.54) is 38.2 Å². The minimum absolute atomic E-state index is 0.184. The molecule has 0 radical (unpaired) electrons. The third-order valence-corrected chi connectivity index (χ3v) is 4.14. The predicted molar refractivity (Wildman–Crippen MR) is 81.3 cm³/mol. The molecule has 1 saturated carbocycles. The third kappa shape index (κ3) is 3.91. The Kier molecular flexibility index (Phi) is 4.65.